The first-order valence-electron chi connectivity index (χ1n) is 8.85. The van der Waals surface area contributed by atoms with Crippen molar-refractivity contribution in [3.63, 3.8) is 0 Å². The van der Waals surface area contributed by atoms with Crippen LogP contribution in [0.1, 0.15) is 18.1 Å². The first-order chi connectivity index (χ1) is 13.2. The number of amides is 1. The lowest BCUT2D eigenvalue weighted by atomic mass is 10.2. The Bertz CT molecular complexity index is 919. The number of para-hydroxylation sites is 1. The van der Waals surface area contributed by atoms with Gasteiger partial charge in [0.25, 0.3) is 0 Å². The number of nitrogens with one attached hydrogen (secondary N) is 1. The molecule has 0 aliphatic carbocycles. The van der Waals surface area contributed by atoms with Crippen molar-refractivity contribution in [3.05, 3.63) is 65.5 Å². The van der Waals surface area contributed by atoms with Crippen molar-refractivity contribution >= 4 is 33.4 Å². The molecule has 1 N–H and O–H groups in total. The van der Waals surface area contributed by atoms with Gasteiger partial charge in [0, 0.05) is 18.1 Å². The molecule has 0 aromatic heterocycles. The van der Waals surface area contributed by atoms with Crippen LogP contribution in [0.4, 0.5) is 10.1 Å². The van der Waals surface area contributed by atoms with Crippen LogP contribution in [0.25, 0.3) is 0 Å². The molecule has 0 bridgehead atoms. The summed E-state index contributed by atoms with van der Waals surface area (Å²) in [6.45, 7) is 3.89. The molecule has 0 saturated heterocycles. The summed E-state index contributed by atoms with van der Waals surface area (Å²) in [5.74, 6) is 0.356. The fraction of sp³-hybridized carbons (Fsp3) is 0.350. The van der Waals surface area contributed by atoms with Crippen LogP contribution in [0, 0.1) is 12.7 Å². The summed E-state index contributed by atoms with van der Waals surface area (Å²) in [6.07, 6.45) is 0.959. The number of aryl methyl sites for hydroxylation is 1. The van der Waals surface area contributed by atoms with Crippen LogP contribution in [0.5, 0.6) is 0 Å². The highest BCUT2D eigenvalue weighted by Crippen LogP contribution is 2.24. The molecule has 2 aromatic rings. The van der Waals surface area contributed by atoms with Crippen LogP contribution in [0.3, 0.4) is 0 Å². The maximum atomic E-state index is 14.1. The Hall–Kier alpha value is -2.06. The highest BCUT2D eigenvalue weighted by Gasteiger charge is 2.30. The van der Waals surface area contributed by atoms with E-state index in [1.807, 2.05) is 19.1 Å². The van der Waals surface area contributed by atoms with E-state index in [1.165, 1.54) is 42.3 Å². The summed E-state index contributed by atoms with van der Waals surface area (Å²) in [5.41, 5.74) is 2.28. The van der Waals surface area contributed by atoms with E-state index in [1.54, 1.807) is 11.8 Å². The Balaban J connectivity index is 1.92. The number of thioether (sulfide) groups is 1. The number of hydrogen-bond acceptors (Lipinski definition) is 4. The van der Waals surface area contributed by atoms with Crippen LogP contribution in [0.2, 0.25) is 0 Å². The number of carbonyl (C=O) groups excluding carboxylic acids is 1. The lowest BCUT2D eigenvalue weighted by Crippen LogP contribution is -2.48. The Kier molecular flexibility index (Phi) is 7.88. The molecule has 28 heavy (non-hydrogen) atoms. The van der Waals surface area contributed by atoms with E-state index in [0.29, 0.717) is 12.3 Å². The second-order valence-electron chi connectivity index (χ2n) is 6.52. The third-order valence-electron chi connectivity index (χ3n) is 4.08. The normalized spacial score (nSPS) is 12.4. The van der Waals surface area contributed by atoms with Crippen LogP contribution in [-0.2, 0) is 20.6 Å². The number of sulfonamides is 1. The van der Waals surface area contributed by atoms with E-state index < -0.39 is 27.8 Å². The van der Waals surface area contributed by atoms with Gasteiger partial charge in [-0.2, -0.15) is 11.8 Å². The zero-order chi connectivity index (χ0) is 20.7. The summed E-state index contributed by atoms with van der Waals surface area (Å²) >= 11 is 1.67. The van der Waals surface area contributed by atoms with Gasteiger partial charge >= 0.3 is 0 Å². The van der Waals surface area contributed by atoms with Gasteiger partial charge in [0.05, 0.1) is 11.9 Å². The highest BCUT2D eigenvalue weighted by atomic mass is 32.2. The SMILES string of the molecule is Cc1cccc(CSCCNC(=O)[C@@H](C)N(c2ccccc2F)S(C)(=O)=O)c1. The Morgan fingerprint density at radius 3 is 2.57 bits per heavy atom. The second-order valence-corrected chi connectivity index (χ2v) is 9.48. The third-order valence-corrected chi connectivity index (χ3v) is 6.33. The monoisotopic (exact) mass is 424 g/mol. The van der Waals surface area contributed by atoms with Gasteiger partial charge in [0.1, 0.15) is 11.9 Å². The maximum Gasteiger partial charge on any atom is 0.243 e. The molecule has 0 fully saturated rings. The summed E-state index contributed by atoms with van der Waals surface area (Å²) in [4.78, 5) is 12.4. The molecule has 0 aliphatic rings. The molecule has 0 unspecified atom stereocenters. The van der Waals surface area contributed by atoms with Crippen LogP contribution < -0.4 is 9.62 Å². The molecule has 0 spiro atoms. The van der Waals surface area contributed by atoms with Gasteiger partial charge < -0.3 is 5.32 Å². The van der Waals surface area contributed by atoms with Crippen molar-refractivity contribution in [1.29, 1.82) is 0 Å². The van der Waals surface area contributed by atoms with Gasteiger partial charge in [-0.05, 0) is 31.5 Å². The predicted molar refractivity (Wildman–Crippen MR) is 114 cm³/mol. The van der Waals surface area contributed by atoms with Crippen molar-refractivity contribution in [3.8, 4) is 0 Å². The van der Waals surface area contributed by atoms with Crippen molar-refractivity contribution in [2.24, 2.45) is 0 Å². The molecule has 1 atom stereocenters. The zero-order valence-electron chi connectivity index (χ0n) is 16.2. The van der Waals surface area contributed by atoms with Gasteiger partial charge in [-0.25, -0.2) is 12.8 Å². The van der Waals surface area contributed by atoms with E-state index in [0.717, 1.165) is 16.3 Å². The van der Waals surface area contributed by atoms with E-state index >= 15 is 0 Å². The first kappa shape index (κ1) is 22.2. The molecule has 0 heterocycles. The lowest BCUT2D eigenvalue weighted by Gasteiger charge is -2.28. The van der Waals surface area contributed by atoms with E-state index in [-0.39, 0.29) is 5.69 Å². The maximum absolute atomic E-state index is 14.1. The highest BCUT2D eigenvalue weighted by molar-refractivity contribution is 7.98. The van der Waals surface area contributed by atoms with E-state index in [2.05, 4.69) is 17.4 Å². The molecular weight excluding hydrogens is 399 g/mol. The molecule has 2 aromatic carbocycles. The average Bonchev–Trinajstić information content (AvgIpc) is 2.62. The third kappa shape index (κ3) is 6.24. The Morgan fingerprint density at radius 1 is 1.21 bits per heavy atom. The van der Waals surface area contributed by atoms with Crippen LogP contribution in [-0.4, -0.2) is 38.9 Å². The summed E-state index contributed by atoms with van der Waals surface area (Å²) in [5, 5.41) is 2.73. The minimum Gasteiger partial charge on any atom is -0.353 e. The molecule has 0 saturated carbocycles. The molecule has 1 amide bonds. The molecule has 8 heteroatoms. The second kappa shape index (κ2) is 9.93. The molecule has 0 radical (unpaired) electrons. The lowest BCUT2D eigenvalue weighted by molar-refractivity contribution is -0.121. The predicted octanol–water partition coefficient (Wildman–Crippen LogP) is 3.34. The van der Waals surface area contributed by atoms with Crippen molar-refractivity contribution in [2.75, 3.05) is 22.9 Å². The largest absolute Gasteiger partial charge is 0.353 e. The number of rotatable bonds is 9. The van der Waals surface area contributed by atoms with Gasteiger partial charge in [-0.15, -0.1) is 0 Å². The summed E-state index contributed by atoms with van der Waals surface area (Å²) in [7, 11) is -3.83. The fourth-order valence-corrected chi connectivity index (χ4v) is 4.78. The molecule has 5 nitrogen and oxygen atoms in total. The van der Waals surface area contributed by atoms with Crippen LogP contribution in [0.15, 0.2) is 48.5 Å². The van der Waals surface area contributed by atoms with Gasteiger partial charge in [0.15, 0.2) is 0 Å². The minimum absolute atomic E-state index is 0.138. The number of carbonyl (C=O) groups is 1. The van der Waals surface area contributed by atoms with Crippen molar-refractivity contribution in [2.45, 2.75) is 25.6 Å². The van der Waals surface area contributed by atoms with Gasteiger partial charge in [-0.1, -0.05) is 42.0 Å². The van der Waals surface area contributed by atoms with Crippen molar-refractivity contribution < 1.29 is 17.6 Å². The average molecular weight is 425 g/mol. The molecule has 0 aliphatic heterocycles. The van der Waals surface area contributed by atoms with E-state index in [9.17, 15) is 17.6 Å². The summed E-state index contributed by atoms with van der Waals surface area (Å²) < 4.78 is 39.2. The quantitative estimate of drug-likeness (QED) is 0.627. The molecule has 152 valence electrons. The van der Waals surface area contributed by atoms with Crippen LogP contribution >= 0.6 is 11.8 Å². The minimum atomic E-state index is -3.83. The molecular formula is C20H25FN2O3S2. The Morgan fingerprint density at radius 2 is 1.93 bits per heavy atom. The standard InChI is InChI=1S/C20H25FN2O3S2/c1-15-7-6-8-17(13-15)14-27-12-11-22-20(24)16(2)23(28(3,25)26)19-10-5-4-9-18(19)21/h4-10,13,16H,11-12,14H2,1-3H3,(H,22,24)/t16-/m1/s1. The first-order valence-corrected chi connectivity index (χ1v) is 11.9. The molecule has 2 rings (SSSR count). The zero-order valence-corrected chi connectivity index (χ0v) is 17.8. The van der Waals surface area contributed by atoms with Gasteiger partial charge in [-0.3, -0.25) is 9.10 Å². The smallest absolute Gasteiger partial charge is 0.243 e. The number of halogens is 1. The number of nitrogens with zero attached hydrogens (tertiary/aromatic N) is 1. The van der Waals surface area contributed by atoms with E-state index in [4.69, 9.17) is 0 Å². The topological polar surface area (TPSA) is 66.5 Å². The van der Waals surface area contributed by atoms with Gasteiger partial charge in [0.2, 0.25) is 15.9 Å². The number of anilines is 1. The number of benzene rings is 2. The number of hydrogen-bond donors (Lipinski definition) is 1. The van der Waals surface area contributed by atoms with Crippen molar-refractivity contribution in [1.82, 2.24) is 5.32 Å². The fourth-order valence-electron chi connectivity index (χ4n) is 2.80. The summed E-state index contributed by atoms with van der Waals surface area (Å²) in [6, 6.07) is 12.7. The Labute approximate surface area is 170 Å².